The summed E-state index contributed by atoms with van der Waals surface area (Å²) in [5.41, 5.74) is -0.444. The molecule has 0 bridgehead atoms. The van der Waals surface area contributed by atoms with Gasteiger partial charge in [-0.05, 0) is 31.0 Å². The number of nitrogens with one attached hydrogen (secondary N) is 2. The highest BCUT2D eigenvalue weighted by Crippen LogP contribution is 2.34. The SMILES string of the molecule is CC(CC(=O)Nc1ccccc1C(F)(F)F)N[C@H](Cc1ccccc1)C(=O)O. The van der Waals surface area contributed by atoms with E-state index in [9.17, 15) is 27.9 Å². The Morgan fingerprint density at radius 1 is 1.04 bits per heavy atom. The minimum absolute atomic E-state index is 0.176. The molecule has 1 amide bonds. The Balaban J connectivity index is 1.97. The second-order valence-electron chi connectivity index (χ2n) is 6.44. The number of rotatable bonds is 8. The minimum atomic E-state index is -4.59. The lowest BCUT2D eigenvalue weighted by molar-refractivity contribution is -0.140. The van der Waals surface area contributed by atoms with Crippen LogP contribution in [0.5, 0.6) is 0 Å². The molecule has 0 saturated carbocycles. The van der Waals surface area contributed by atoms with Gasteiger partial charge >= 0.3 is 12.1 Å². The molecule has 2 rings (SSSR count). The number of anilines is 1. The Morgan fingerprint density at radius 2 is 1.64 bits per heavy atom. The summed E-state index contributed by atoms with van der Waals surface area (Å²) >= 11 is 0. The maximum atomic E-state index is 13.0. The first-order chi connectivity index (χ1) is 13.2. The summed E-state index contributed by atoms with van der Waals surface area (Å²) in [6.45, 7) is 1.61. The molecule has 0 heterocycles. The molecular weight excluding hydrogens is 373 g/mol. The molecule has 0 spiro atoms. The zero-order valence-electron chi connectivity index (χ0n) is 15.2. The monoisotopic (exact) mass is 394 g/mol. The van der Waals surface area contributed by atoms with E-state index in [2.05, 4.69) is 10.6 Å². The number of alkyl halides is 3. The summed E-state index contributed by atoms with van der Waals surface area (Å²) in [6.07, 6.45) is -4.54. The predicted molar refractivity (Wildman–Crippen MR) is 98.9 cm³/mol. The number of hydrogen-bond acceptors (Lipinski definition) is 3. The van der Waals surface area contributed by atoms with E-state index in [-0.39, 0.29) is 18.5 Å². The van der Waals surface area contributed by atoms with Crippen molar-refractivity contribution in [3.05, 3.63) is 65.7 Å². The van der Waals surface area contributed by atoms with Crippen LogP contribution in [-0.2, 0) is 22.2 Å². The highest BCUT2D eigenvalue weighted by molar-refractivity contribution is 5.92. The van der Waals surface area contributed by atoms with Crippen LogP contribution >= 0.6 is 0 Å². The highest BCUT2D eigenvalue weighted by atomic mass is 19.4. The summed E-state index contributed by atoms with van der Waals surface area (Å²) in [5.74, 6) is -1.71. The zero-order valence-corrected chi connectivity index (χ0v) is 15.2. The van der Waals surface area contributed by atoms with Gasteiger partial charge in [0.15, 0.2) is 0 Å². The van der Waals surface area contributed by atoms with Crippen molar-refractivity contribution in [2.45, 2.75) is 38.0 Å². The molecule has 0 aromatic heterocycles. The number of carbonyl (C=O) groups is 2. The Kier molecular flexibility index (Phi) is 7.17. The molecule has 0 aliphatic heterocycles. The minimum Gasteiger partial charge on any atom is -0.480 e. The van der Waals surface area contributed by atoms with Gasteiger partial charge in [0.05, 0.1) is 11.3 Å². The predicted octanol–water partition coefficient (Wildman–Crippen LogP) is 3.71. The van der Waals surface area contributed by atoms with Crippen molar-refractivity contribution >= 4 is 17.6 Å². The molecule has 1 unspecified atom stereocenters. The third-order valence-corrected chi connectivity index (χ3v) is 4.06. The van der Waals surface area contributed by atoms with Crippen LogP contribution in [0.4, 0.5) is 18.9 Å². The molecule has 2 aromatic rings. The van der Waals surface area contributed by atoms with Crippen LogP contribution < -0.4 is 10.6 Å². The number of aliphatic carboxylic acids is 1. The lowest BCUT2D eigenvalue weighted by Gasteiger charge is -2.20. The van der Waals surface area contributed by atoms with Crippen molar-refractivity contribution < 1.29 is 27.9 Å². The number of halogens is 3. The maximum absolute atomic E-state index is 13.0. The van der Waals surface area contributed by atoms with Gasteiger partial charge in [-0.15, -0.1) is 0 Å². The van der Waals surface area contributed by atoms with Crippen LogP contribution in [0.25, 0.3) is 0 Å². The van der Waals surface area contributed by atoms with Crippen molar-refractivity contribution in [3.63, 3.8) is 0 Å². The van der Waals surface area contributed by atoms with E-state index in [1.807, 2.05) is 6.07 Å². The van der Waals surface area contributed by atoms with Crippen molar-refractivity contribution in [3.8, 4) is 0 Å². The van der Waals surface area contributed by atoms with Gasteiger partial charge in [0, 0.05) is 12.5 Å². The first-order valence-electron chi connectivity index (χ1n) is 8.65. The van der Waals surface area contributed by atoms with Crippen molar-refractivity contribution in [2.75, 3.05) is 5.32 Å². The van der Waals surface area contributed by atoms with Crippen molar-refractivity contribution in [1.82, 2.24) is 5.32 Å². The van der Waals surface area contributed by atoms with E-state index in [1.165, 1.54) is 18.2 Å². The average Bonchev–Trinajstić information content (AvgIpc) is 2.61. The molecular formula is C20H21F3N2O3. The fraction of sp³-hybridized carbons (Fsp3) is 0.300. The maximum Gasteiger partial charge on any atom is 0.418 e. The topological polar surface area (TPSA) is 78.4 Å². The van der Waals surface area contributed by atoms with Crippen molar-refractivity contribution in [2.24, 2.45) is 0 Å². The Morgan fingerprint density at radius 3 is 2.25 bits per heavy atom. The quantitative estimate of drug-likeness (QED) is 0.638. The number of hydrogen-bond donors (Lipinski definition) is 3. The molecule has 0 aliphatic rings. The average molecular weight is 394 g/mol. The molecule has 8 heteroatoms. The number of benzene rings is 2. The van der Waals surface area contributed by atoms with Gasteiger partial charge in [0.1, 0.15) is 6.04 Å². The van der Waals surface area contributed by atoms with E-state index < -0.39 is 35.7 Å². The summed E-state index contributed by atoms with van der Waals surface area (Å²) in [7, 11) is 0. The molecule has 0 aliphatic carbocycles. The van der Waals surface area contributed by atoms with Gasteiger partial charge in [-0.3, -0.25) is 9.59 Å². The second-order valence-corrected chi connectivity index (χ2v) is 6.44. The van der Waals surface area contributed by atoms with Crippen LogP contribution in [0, 0.1) is 0 Å². The fourth-order valence-corrected chi connectivity index (χ4v) is 2.79. The van der Waals surface area contributed by atoms with Gasteiger partial charge in [-0.25, -0.2) is 0 Å². The van der Waals surface area contributed by atoms with Crippen LogP contribution in [-0.4, -0.2) is 29.1 Å². The lowest BCUT2D eigenvalue weighted by Crippen LogP contribution is -2.44. The Bertz CT molecular complexity index is 810. The van der Waals surface area contributed by atoms with E-state index in [4.69, 9.17) is 0 Å². The summed E-state index contributed by atoms with van der Waals surface area (Å²) in [5, 5.41) is 14.5. The third-order valence-electron chi connectivity index (χ3n) is 4.06. The Labute approximate surface area is 160 Å². The highest BCUT2D eigenvalue weighted by Gasteiger charge is 2.33. The smallest absolute Gasteiger partial charge is 0.418 e. The summed E-state index contributed by atoms with van der Waals surface area (Å²) in [4.78, 5) is 23.6. The van der Waals surface area contributed by atoms with E-state index in [1.54, 1.807) is 31.2 Å². The number of carboxylic acids is 1. The van der Waals surface area contributed by atoms with Gasteiger partial charge in [0.25, 0.3) is 0 Å². The number of para-hydroxylation sites is 1. The third kappa shape index (κ3) is 6.38. The molecule has 0 fully saturated rings. The standard InChI is InChI=1S/C20H21F3N2O3/c1-13(24-17(19(27)28)12-14-7-3-2-4-8-14)11-18(26)25-16-10-6-5-9-15(16)20(21,22)23/h2-10,13,17,24H,11-12H2,1H3,(H,25,26)(H,27,28)/t13?,17-/m1/s1. The number of carbonyl (C=O) groups excluding carboxylic acids is 1. The number of amides is 1. The molecule has 0 radical (unpaired) electrons. The Hall–Kier alpha value is -2.87. The normalized spacial score (nSPS) is 13.6. The fourth-order valence-electron chi connectivity index (χ4n) is 2.79. The summed E-state index contributed by atoms with van der Waals surface area (Å²) in [6, 6.07) is 12.2. The lowest BCUT2D eigenvalue weighted by atomic mass is 10.0. The van der Waals surface area contributed by atoms with E-state index in [0.717, 1.165) is 11.6 Å². The van der Waals surface area contributed by atoms with Gasteiger partial charge in [0.2, 0.25) is 5.91 Å². The molecule has 2 atom stereocenters. The first-order valence-corrected chi connectivity index (χ1v) is 8.65. The number of carboxylic acid groups (broad SMARTS) is 1. The second kappa shape index (κ2) is 9.36. The molecule has 0 saturated heterocycles. The van der Waals surface area contributed by atoms with Crippen LogP contribution in [0.3, 0.4) is 0 Å². The van der Waals surface area contributed by atoms with Crippen molar-refractivity contribution in [1.29, 1.82) is 0 Å². The molecule has 28 heavy (non-hydrogen) atoms. The van der Waals surface area contributed by atoms with Gasteiger partial charge < -0.3 is 15.7 Å². The van der Waals surface area contributed by atoms with Crippen LogP contribution in [0.1, 0.15) is 24.5 Å². The molecule has 5 nitrogen and oxygen atoms in total. The van der Waals surface area contributed by atoms with E-state index >= 15 is 0 Å². The molecule has 3 N–H and O–H groups in total. The van der Waals surface area contributed by atoms with Gasteiger partial charge in [-0.1, -0.05) is 42.5 Å². The van der Waals surface area contributed by atoms with Crippen LogP contribution in [0.2, 0.25) is 0 Å². The van der Waals surface area contributed by atoms with E-state index in [0.29, 0.717) is 0 Å². The first kappa shape index (κ1) is 21.4. The largest absolute Gasteiger partial charge is 0.480 e. The van der Waals surface area contributed by atoms with Gasteiger partial charge in [-0.2, -0.15) is 13.2 Å². The zero-order chi connectivity index (χ0) is 20.7. The molecule has 2 aromatic carbocycles. The molecule has 150 valence electrons. The summed E-state index contributed by atoms with van der Waals surface area (Å²) < 4.78 is 39.0. The van der Waals surface area contributed by atoms with Crippen LogP contribution in [0.15, 0.2) is 54.6 Å².